The van der Waals surface area contributed by atoms with Crippen molar-refractivity contribution in [3.05, 3.63) is 35.4 Å². The Balaban J connectivity index is 2.82. The molecule has 1 aromatic carbocycles. The molecule has 0 bridgehead atoms. The van der Waals surface area contributed by atoms with Crippen LogP contribution in [-0.4, -0.2) is 20.9 Å². The minimum atomic E-state index is -1.68. The first kappa shape index (κ1) is 11.6. The first-order valence-electron chi connectivity index (χ1n) is 4.63. The van der Waals surface area contributed by atoms with Crippen LogP contribution in [0.4, 0.5) is 0 Å². The molecule has 0 unspecified atom stereocenters. The lowest BCUT2D eigenvalue weighted by molar-refractivity contribution is 0.320. The Morgan fingerprint density at radius 1 is 1.14 bits per heavy atom. The molecule has 0 radical (unpaired) electrons. The molecule has 0 saturated carbocycles. The maximum absolute atomic E-state index is 5.43. The SMILES string of the molecule is CO[P+](C)(Cc1ccccc1C)OC. The summed E-state index contributed by atoms with van der Waals surface area (Å²) in [5, 5.41) is 0. The second-order valence-electron chi connectivity index (χ2n) is 3.46. The summed E-state index contributed by atoms with van der Waals surface area (Å²) in [6.07, 6.45) is 0.882. The Bertz CT molecular complexity index is 295. The smallest absolute Gasteiger partial charge is 0.210 e. The summed E-state index contributed by atoms with van der Waals surface area (Å²) >= 11 is 0. The van der Waals surface area contributed by atoms with Gasteiger partial charge in [0.2, 0.25) is 0 Å². The van der Waals surface area contributed by atoms with E-state index in [1.807, 2.05) is 6.07 Å². The number of rotatable bonds is 4. The summed E-state index contributed by atoms with van der Waals surface area (Å²) in [5.74, 6) is 0. The Hall–Kier alpha value is -0.430. The van der Waals surface area contributed by atoms with Gasteiger partial charge < -0.3 is 0 Å². The summed E-state index contributed by atoms with van der Waals surface area (Å²) in [6.45, 7) is 4.17. The molecule has 0 aromatic heterocycles. The van der Waals surface area contributed by atoms with Crippen molar-refractivity contribution in [2.24, 2.45) is 0 Å². The Kier molecular flexibility index (Phi) is 4.06. The van der Waals surface area contributed by atoms with E-state index in [1.54, 1.807) is 14.2 Å². The van der Waals surface area contributed by atoms with Crippen LogP contribution in [0.2, 0.25) is 0 Å². The van der Waals surface area contributed by atoms with Crippen molar-refractivity contribution in [2.45, 2.75) is 13.1 Å². The lowest BCUT2D eigenvalue weighted by Gasteiger charge is -2.16. The van der Waals surface area contributed by atoms with Gasteiger partial charge in [-0.05, 0) is 18.1 Å². The quantitative estimate of drug-likeness (QED) is 0.715. The van der Waals surface area contributed by atoms with Crippen LogP contribution >= 0.6 is 7.72 Å². The van der Waals surface area contributed by atoms with Gasteiger partial charge in [-0.25, -0.2) is 9.05 Å². The summed E-state index contributed by atoms with van der Waals surface area (Å²) in [7, 11) is 1.76. The van der Waals surface area contributed by atoms with Gasteiger partial charge in [0.05, 0.1) is 14.2 Å². The average molecular weight is 213 g/mol. The zero-order valence-electron chi connectivity index (χ0n) is 9.28. The van der Waals surface area contributed by atoms with E-state index in [-0.39, 0.29) is 0 Å². The van der Waals surface area contributed by atoms with Crippen LogP contribution in [0.3, 0.4) is 0 Å². The predicted octanol–water partition coefficient (Wildman–Crippen LogP) is 3.27. The van der Waals surface area contributed by atoms with Gasteiger partial charge in [0.1, 0.15) is 12.8 Å². The summed E-state index contributed by atoms with van der Waals surface area (Å²) in [5.41, 5.74) is 2.61. The van der Waals surface area contributed by atoms with Crippen LogP contribution in [-0.2, 0) is 15.2 Å². The Morgan fingerprint density at radius 3 is 2.21 bits per heavy atom. The second kappa shape index (κ2) is 4.88. The van der Waals surface area contributed by atoms with Crippen molar-refractivity contribution in [3.8, 4) is 0 Å². The lowest BCUT2D eigenvalue weighted by atomic mass is 10.1. The molecule has 1 aromatic rings. The van der Waals surface area contributed by atoms with Crippen LogP contribution < -0.4 is 0 Å². The van der Waals surface area contributed by atoms with Crippen molar-refractivity contribution >= 4 is 7.72 Å². The highest BCUT2D eigenvalue weighted by Gasteiger charge is 2.33. The first-order chi connectivity index (χ1) is 6.61. The number of hydrogen-bond acceptors (Lipinski definition) is 2. The zero-order chi connectivity index (χ0) is 10.6. The third-order valence-corrected chi connectivity index (χ3v) is 4.95. The first-order valence-corrected chi connectivity index (χ1v) is 6.88. The molecule has 3 heteroatoms. The predicted molar refractivity (Wildman–Crippen MR) is 61.7 cm³/mol. The van der Waals surface area contributed by atoms with Gasteiger partial charge in [-0.2, -0.15) is 0 Å². The molecule has 0 N–H and O–H groups in total. The molecule has 0 aliphatic rings. The van der Waals surface area contributed by atoms with E-state index in [1.165, 1.54) is 11.1 Å². The Morgan fingerprint density at radius 2 is 1.71 bits per heavy atom. The topological polar surface area (TPSA) is 18.5 Å². The monoisotopic (exact) mass is 213 g/mol. The molecule has 0 atom stereocenters. The molecule has 0 spiro atoms. The van der Waals surface area contributed by atoms with Gasteiger partial charge >= 0.3 is 0 Å². The largest absolute Gasteiger partial charge is 0.275 e. The minimum Gasteiger partial charge on any atom is -0.210 e. The molecule has 1 rings (SSSR count). The number of aryl methyl sites for hydroxylation is 1. The van der Waals surface area contributed by atoms with E-state index in [4.69, 9.17) is 9.05 Å². The summed E-state index contributed by atoms with van der Waals surface area (Å²) in [6, 6.07) is 8.35. The number of benzene rings is 1. The third kappa shape index (κ3) is 2.78. The highest BCUT2D eigenvalue weighted by atomic mass is 31.2. The summed E-state index contributed by atoms with van der Waals surface area (Å²) < 4.78 is 10.9. The van der Waals surface area contributed by atoms with Gasteiger partial charge in [0.25, 0.3) is 7.72 Å². The molecule has 14 heavy (non-hydrogen) atoms. The molecule has 0 heterocycles. The van der Waals surface area contributed by atoms with E-state index in [0.29, 0.717) is 0 Å². The van der Waals surface area contributed by atoms with Gasteiger partial charge in [0.15, 0.2) is 0 Å². The van der Waals surface area contributed by atoms with E-state index in [9.17, 15) is 0 Å². The van der Waals surface area contributed by atoms with Crippen molar-refractivity contribution < 1.29 is 9.05 Å². The van der Waals surface area contributed by atoms with Gasteiger partial charge in [-0.3, -0.25) is 0 Å². The number of hydrogen-bond donors (Lipinski definition) is 0. The van der Waals surface area contributed by atoms with Crippen molar-refractivity contribution in [1.29, 1.82) is 0 Å². The highest BCUT2D eigenvalue weighted by Crippen LogP contribution is 2.58. The molecule has 0 fully saturated rings. The molecular formula is C11H18O2P+. The van der Waals surface area contributed by atoms with Gasteiger partial charge in [0, 0.05) is 0 Å². The van der Waals surface area contributed by atoms with Crippen LogP contribution in [0.5, 0.6) is 0 Å². The third-order valence-electron chi connectivity index (χ3n) is 2.49. The Labute approximate surface area is 86.7 Å². The normalized spacial score (nSPS) is 11.7. The fourth-order valence-electron chi connectivity index (χ4n) is 1.30. The maximum atomic E-state index is 5.43. The van der Waals surface area contributed by atoms with Crippen LogP contribution in [0.1, 0.15) is 11.1 Å². The molecule has 0 amide bonds. The maximum Gasteiger partial charge on any atom is 0.275 e. The van der Waals surface area contributed by atoms with Crippen LogP contribution in [0, 0.1) is 6.92 Å². The fraction of sp³-hybridized carbons (Fsp3) is 0.455. The average Bonchev–Trinajstić information content (AvgIpc) is 2.21. The molecule has 0 aliphatic carbocycles. The van der Waals surface area contributed by atoms with E-state index < -0.39 is 7.72 Å². The van der Waals surface area contributed by atoms with E-state index in [2.05, 4.69) is 31.8 Å². The molecular weight excluding hydrogens is 195 g/mol. The fourth-order valence-corrected chi connectivity index (χ4v) is 2.68. The van der Waals surface area contributed by atoms with Gasteiger partial charge in [-0.1, -0.05) is 24.3 Å². The molecule has 78 valence electrons. The minimum absolute atomic E-state index is 0.882. The van der Waals surface area contributed by atoms with Crippen molar-refractivity contribution in [3.63, 3.8) is 0 Å². The molecule has 2 nitrogen and oxygen atoms in total. The van der Waals surface area contributed by atoms with Crippen molar-refractivity contribution in [1.82, 2.24) is 0 Å². The van der Waals surface area contributed by atoms with E-state index >= 15 is 0 Å². The lowest BCUT2D eigenvalue weighted by Crippen LogP contribution is -2.01. The zero-order valence-corrected chi connectivity index (χ0v) is 10.2. The van der Waals surface area contributed by atoms with Crippen molar-refractivity contribution in [2.75, 3.05) is 20.9 Å². The van der Waals surface area contributed by atoms with E-state index in [0.717, 1.165) is 6.16 Å². The second-order valence-corrected chi connectivity index (χ2v) is 6.54. The standard InChI is InChI=1S/C11H18O2P/c1-10-7-5-6-8-11(10)9-14(4,12-2)13-3/h5-8H,9H2,1-4H3/q+1. The van der Waals surface area contributed by atoms with Crippen LogP contribution in [0.15, 0.2) is 24.3 Å². The highest BCUT2D eigenvalue weighted by molar-refractivity contribution is 7.64. The molecule has 0 aliphatic heterocycles. The van der Waals surface area contributed by atoms with Crippen LogP contribution in [0.25, 0.3) is 0 Å². The van der Waals surface area contributed by atoms with Gasteiger partial charge in [-0.15, -0.1) is 0 Å². The summed E-state index contributed by atoms with van der Waals surface area (Å²) in [4.78, 5) is 0. The molecule has 0 saturated heterocycles.